The maximum atomic E-state index is 13.1. The molecular formula is C22H26N4O3. The lowest BCUT2D eigenvalue weighted by atomic mass is 10.0. The lowest BCUT2D eigenvalue weighted by molar-refractivity contribution is -0.129. The number of nitrogens with zero attached hydrogens (tertiary/aromatic N) is 4. The number of likely N-dealkylation sites (tertiary alicyclic amines) is 1. The molecule has 152 valence electrons. The number of benzene rings is 1. The summed E-state index contributed by atoms with van der Waals surface area (Å²) in [5, 5.41) is 0. The van der Waals surface area contributed by atoms with Crippen molar-refractivity contribution in [2.45, 2.75) is 45.7 Å². The second kappa shape index (κ2) is 7.81. The zero-order valence-electron chi connectivity index (χ0n) is 17.1. The van der Waals surface area contributed by atoms with E-state index in [2.05, 4.69) is 4.98 Å². The lowest BCUT2D eigenvalue weighted by Crippen LogP contribution is -2.37. The summed E-state index contributed by atoms with van der Waals surface area (Å²) in [6.45, 7) is 5.37. The zero-order chi connectivity index (χ0) is 20.5. The van der Waals surface area contributed by atoms with E-state index in [-0.39, 0.29) is 17.9 Å². The fraction of sp³-hybridized carbons (Fsp3) is 0.455. The number of para-hydroxylation sites is 1. The molecule has 4 rings (SSSR count). The summed E-state index contributed by atoms with van der Waals surface area (Å²) >= 11 is 0. The fourth-order valence-electron chi connectivity index (χ4n) is 4.34. The van der Waals surface area contributed by atoms with E-state index in [0.29, 0.717) is 30.8 Å². The van der Waals surface area contributed by atoms with Crippen LogP contribution in [0.2, 0.25) is 0 Å². The van der Waals surface area contributed by atoms with Gasteiger partial charge in [-0.15, -0.1) is 0 Å². The molecule has 7 heteroatoms. The van der Waals surface area contributed by atoms with Crippen LogP contribution in [0.1, 0.15) is 58.8 Å². The quantitative estimate of drug-likeness (QED) is 0.800. The van der Waals surface area contributed by atoms with E-state index in [0.717, 1.165) is 42.0 Å². The van der Waals surface area contributed by atoms with Gasteiger partial charge in [-0.05, 0) is 31.4 Å². The van der Waals surface area contributed by atoms with E-state index in [1.165, 1.54) is 0 Å². The van der Waals surface area contributed by atoms with Crippen LogP contribution in [-0.4, -0.2) is 51.8 Å². The molecule has 1 aromatic carbocycles. The van der Waals surface area contributed by atoms with Crippen LogP contribution in [0.4, 0.5) is 0 Å². The van der Waals surface area contributed by atoms with Gasteiger partial charge in [0, 0.05) is 44.7 Å². The van der Waals surface area contributed by atoms with Crippen molar-refractivity contribution in [3.63, 3.8) is 0 Å². The predicted molar refractivity (Wildman–Crippen MR) is 108 cm³/mol. The number of fused-ring (bicyclic) bond motifs is 1. The summed E-state index contributed by atoms with van der Waals surface area (Å²) in [5.41, 5.74) is 3.46. The van der Waals surface area contributed by atoms with Gasteiger partial charge in [-0.1, -0.05) is 12.1 Å². The van der Waals surface area contributed by atoms with Gasteiger partial charge >= 0.3 is 0 Å². The van der Waals surface area contributed by atoms with Crippen molar-refractivity contribution in [1.82, 2.24) is 19.8 Å². The fourth-order valence-corrected chi connectivity index (χ4v) is 4.34. The number of carbonyl (C=O) groups is 2. The topological polar surface area (TPSA) is 75.6 Å². The van der Waals surface area contributed by atoms with Gasteiger partial charge in [-0.2, -0.15) is 0 Å². The minimum atomic E-state index is -0.0428. The number of hydrogen-bond acceptors (Lipinski definition) is 5. The Bertz CT molecular complexity index is 959. The van der Waals surface area contributed by atoms with Gasteiger partial charge in [0.15, 0.2) is 5.82 Å². The van der Waals surface area contributed by atoms with E-state index in [9.17, 15) is 9.59 Å². The Labute approximate surface area is 170 Å². The van der Waals surface area contributed by atoms with Gasteiger partial charge < -0.3 is 14.5 Å². The molecule has 1 unspecified atom stereocenters. The first-order chi connectivity index (χ1) is 14.0. The van der Waals surface area contributed by atoms with E-state index in [4.69, 9.17) is 9.72 Å². The zero-order valence-corrected chi connectivity index (χ0v) is 17.1. The van der Waals surface area contributed by atoms with E-state index < -0.39 is 0 Å². The highest BCUT2D eigenvalue weighted by Gasteiger charge is 2.32. The highest BCUT2D eigenvalue weighted by molar-refractivity contribution is 5.97. The van der Waals surface area contributed by atoms with Crippen molar-refractivity contribution < 1.29 is 14.3 Å². The summed E-state index contributed by atoms with van der Waals surface area (Å²) in [6.07, 6.45) is 4.38. The molecule has 0 N–H and O–H groups in total. The van der Waals surface area contributed by atoms with Crippen molar-refractivity contribution in [2.75, 3.05) is 20.2 Å². The minimum Gasteiger partial charge on any atom is -0.496 e. The van der Waals surface area contributed by atoms with Gasteiger partial charge in [0.1, 0.15) is 5.75 Å². The van der Waals surface area contributed by atoms with Gasteiger partial charge in [-0.3, -0.25) is 9.59 Å². The maximum absolute atomic E-state index is 13.1. The van der Waals surface area contributed by atoms with Crippen molar-refractivity contribution in [2.24, 2.45) is 0 Å². The smallest absolute Gasteiger partial charge is 0.257 e. The third-order valence-corrected chi connectivity index (χ3v) is 5.84. The summed E-state index contributed by atoms with van der Waals surface area (Å²) in [6, 6.07) is 5.58. The molecule has 0 bridgehead atoms. The molecule has 1 aromatic heterocycles. The van der Waals surface area contributed by atoms with Crippen LogP contribution in [0, 0.1) is 6.92 Å². The van der Waals surface area contributed by atoms with Crippen LogP contribution < -0.4 is 4.74 Å². The van der Waals surface area contributed by atoms with Crippen LogP contribution in [0.15, 0.2) is 24.4 Å². The van der Waals surface area contributed by atoms with Crippen LogP contribution in [0.3, 0.4) is 0 Å². The number of methoxy groups -OCH3 is 1. The molecule has 7 nitrogen and oxygen atoms in total. The average molecular weight is 394 g/mol. The number of hydrogen-bond donors (Lipinski definition) is 0. The number of ether oxygens (including phenoxy) is 1. The van der Waals surface area contributed by atoms with Gasteiger partial charge in [-0.25, -0.2) is 9.97 Å². The Morgan fingerprint density at radius 1 is 1.24 bits per heavy atom. The van der Waals surface area contributed by atoms with Crippen molar-refractivity contribution >= 4 is 11.8 Å². The molecule has 0 spiro atoms. The summed E-state index contributed by atoms with van der Waals surface area (Å²) in [7, 11) is 1.59. The molecule has 2 aromatic rings. The highest BCUT2D eigenvalue weighted by atomic mass is 16.5. The molecule has 0 radical (unpaired) electrons. The maximum Gasteiger partial charge on any atom is 0.257 e. The Hall–Kier alpha value is -2.96. The number of aryl methyl sites for hydroxylation is 1. The third kappa shape index (κ3) is 3.57. The molecule has 2 aliphatic rings. The molecule has 2 aliphatic heterocycles. The summed E-state index contributed by atoms with van der Waals surface area (Å²) in [4.78, 5) is 38.0. The van der Waals surface area contributed by atoms with Gasteiger partial charge in [0.25, 0.3) is 5.91 Å². The third-order valence-electron chi connectivity index (χ3n) is 5.84. The van der Waals surface area contributed by atoms with Crippen LogP contribution in [0.25, 0.3) is 0 Å². The second-order valence-electron chi connectivity index (χ2n) is 7.70. The van der Waals surface area contributed by atoms with Crippen molar-refractivity contribution in [3.05, 3.63) is 52.6 Å². The van der Waals surface area contributed by atoms with Gasteiger partial charge in [0.05, 0.1) is 24.4 Å². The highest BCUT2D eigenvalue weighted by Crippen LogP contribution is 2.31. The molecule has 1 fully saturated rings. The van der Waals surface area contributed by atoms with Crippen molar-refractivity contribution in [3.8, 4) is 5.75 Å². The SMILES string of the molecule is COc1c(C)cccc1C(=O)N1CCc2nc(C3CCCN3C(C)=O)ncc2C1. The minimum absolute atomic E-state index is 0.0333. The molecule has 2 amide bonds. The summed E-state index contributed by atoms with van der Waals surface area (Å²) in [5.74, 6) is 1.37. The Morgan fingerprint density at radius 3 is 2.83 bits per heavy atom. The van der Waals surface area contributed by atoms with Crippen LogP contribution in [0.5, 0.6) is 5.75 Å². The number of rotatable bonds is 3. The summed E-state index contributed by atoms with van der Waals surface area (Å²) < 4.78 is 5.46. The van der Waals surface area contributed by atoms with E-state index >= 15 is 0 Å². The van der Waals surface area contributed by atoms with Crippen LogP contribution in [-0.2, 0) is 17.8 Å². The standard InChI is InChI=1S/C22H26N4O3/c1-14-6-4-7-17(20(14)29-3)22(28)25-11-9-18-16(13-25)12-23-21(24-18)19-8-5-10-26(19)15(2)27/h4,6-7,12,19H,5,8-11,13H2,1-3H3. The molecule has 1 atom stereocenters. The molecular weight excluding hydrogens is 368 g/mol. The Kier molecular flexibility index (Phi) is 5.22. The number of carbonyl (C=O) groups excluding carboxylic acids is 2. The predicted octanol–water partition coefficient (Wildman–Crippen LogP) is 2.68. The molecule has 1 saturated heterocycles. The number of aromatic nitrogens is 2. The molecule has 0 aliphatic carbocycles. The monoisotopic (exact) mass is 394 g/mol. The molecule has 29 heavy (non-hydrogen) atoms. The first-order valence-corrected chi connectivity index (χ1v) is 10.0. The average Bonchev–Trinajstić information content (AvgIpc) is 3.22. The lowest BCUT2D eigenvalue weighted by Gasteiger charge is -2.30. The first-order valence-electron chi connectivity index (χ1n) is 10.0. The first kappa shape index (κ1) is 19.4. The van der Waals surface area contributed by atoms with Crippen LogP contribution >= 0.6 is 0 Å². The Balaban J connectivity index is 1.55. The number of amides is 2. The normalized spacial score (nSPS) is 18.5. The van der Waals surface area contributed by atoms with E-state index in [1.807, 2.05) is 35.1 Å². The second-order valence-corrected chi connectivity index (χ2v) is 7.70. The molecule has 3 heterocycles. The largest absolute Gasteiger partial charge is 0.496 e. The molecule has 0 saturated carbocycles. The van der Waals surface area contributed by atoms with E-state index in [1.54, 1.807) is 20.1 Å². The van der Waals surface area contributed by atoms with Gasteiger partial charge in [0.2, 0.25) is 5.91 Å². The Morgan fingerprint density at radius 2 is 2.07 bits per heavy atom. The van der Waals surface area contributed by atoms with Crippen molar-refractivity contribution in [1.29, 1.82) is 0 Å².